The standard InChI is InChI=1S/C16H28N4O2S/c1-5-17-16(19-11-15(21)18-8-9-22-4)20-12(2)10-14-7-6-13(3)23-14/h6-7,12H,5,8-11H2,1-4H3,(H,18,21)(H2,17,19,20). The summed E-state index contributed by atoms with van der Waals surface area (Å²) in [5, 5.41) is 9.26. The first kappa shape index (κ1) is 19.4. The van der Waals surface area contributed by atoms with Crippen molar-refractivity contribution in [3.8, 4) is 0 Å². The lowest BCUT2D eigenvalue weighted by molar-refractivity contribution is -0.119. The van der Waals surface area contributed by atoms with Crippen LogP contribution in [-0.4, -0.2) is 51.3 Å². The number of hydrogen-bond acceptors (Lipinski definition) is 4. The molecular weight excluding hydrogens is 312 g/mol. The van der Waals surface area contributed by atoms with Crippen molar-refractivity contribution >= 4 is 23.2 Å². The summed E-state index contributed by atoms with van der Waals surface area (Å²) in [6.45, 7) is 8.09. The predicted octanol–water partition coefficient (Wildman–Crippen LogP) is 1.31. The van der Waals surface area contributed by atoms with Crippen molar-refractivity contribution in [1.29, 1.82) is 0 Å². The van der Waals surface area contributed by atoms with Crippen LogP contribution in [0, 0.1) is 6.92 Å². The Balaban J connectivity index is 2.45. The number of hydrogen-bond donors (Lipinski definition) is 3. The Bertz CT molecular complexity index is 502. The van der Waals surface area contributed by atoms with E-state index in [4.69, 9.17) is 4.74 Å². The van der Waals surface area contributed by atoms with Crippen LogP contribution in [0.25, 0.3) is 0 Å². The fraction of sp³-hybridized carbons (Fsp3) is 0.625. The zero-order valence-corrected chi connectivity index (χ0v) is 15.3. The van der Waals surface area contributed by atoms with Gasteiger partial charge in [-0.2, -0.15) is 0 Å². The van der Waals surface area contributed by atoms with Crippen molar-refractivity contribution in [3.63, 3.8) is 0 Å². The summed E-state index contributed by atoms with van der Waals surface area (Å²) in [4.78, 5) is 18.7. The number of aryl methyl sites for hydroxylation is 1. The Morgan fingerprint density at radius 1 is 1.39 bits per heavy atom. The number of carbonyl (C=O) groups is 1. The van der Waals surface area contributed by atoms with Crippen molar-refractivity contribution in [2.75, 3.05) is 33.4 Å². The molecule has 1 unspecified atom stereocenters. The minimum atomic E-state index is -0.110. The number of nitrogens with zero attached hydrogens (tertiary/aromatic N) is 1. The molecule has 0 radical (unpaired) electrons. The van der Waals surface area contributed by atoms with Gasteiger partial charge in [0.15, 0.2) is 5.96 Å². The average molecular weight is 340 g/mol. The normalized spacial score (nSPS) is 12.8. The second-order valence-electron chi connectivity index (χ2n) is 5.30. The molecule has 0 bridgehead atoms. The van der Waals surface area contributed by atoms with Crippen molar-refractivity contribution in [2.45, 2.75) is 33.2 Å². The van der Waals surface area contributed by atoms with Gasteiger partial charge in [-0.25, -0.2) is 4.99 Å². The quantitative estimate of drug-likeness (QED) is 0.360. The average Bonchev–Trinajstić information content (AvgIpc) is 2.90. The summed E-state index contributed by atoms with van der Waals surface area (Å²) in [7, 11) is 1.61. The molecule has 0 spiro atoms. The molecule has 0 saturated carbocycles. The molecule has 0 aliphatic heterocycles. The van der Waals surface area contributed by atoms with Gasteiger partial charge in [0.25, 0.3) is 0 Å². The molecule has 1 aromatic heterocycles. The van der Waals surface area contributed by atoms with Crippen molar-refractivity contribution in [1.82, 2.24) is 16.0 Å². The molecule has 0 saturated heterocycles. The van der Waals surface area contributed by atoms with E-state index < -0.39 is 0 Å². The van der Waals surface area contributed by atoms with Gasteiger partial charge in [0.05, 0.1) is 6.61 Å². The summed E-state index contributed by atoms with van der Waals surface area (Å²) in [5.41, 5.74) is 0. The molecule has 23 heavy (non-hydrogen) atoms. The van der Waals surface area contributed by atoms with Crippen LogP contribution in [-0.2, 0) is 16.0 Å². The molecule has 1 atom stereocenters. The number of methoxy groups -OCH3 is 1. The number of rotatable bonds is 9. The zero-order chi connectivity index (χ0) is 17.1. The molecule has 0 aromatic carbocycles. The van der Waals surface area contributed by atoms with E-state index in [0.29, 0.717) is 19.1 Å². The fourth-order valence-electron chi connectivity index (χ4n) is 2.00. The number of nitrogens with one attached hydrogen (secondary N) is 3. The molecule has 130 valence electrons. The first-order chi connectivity index (χ1) is 11.0. The lowest BCUT2D eigenvalue weighted by Gasteiger charge is -2.17. The highest BCUT2D eigenvalue weighted by Crippen LogP contribution is 2.16. The van der Waals surface area contributed by atoms with Gasteiger partial charge in [-0.15, -0.1) is 11.3 Å². The minimum Gasteiger partial charge on any atom is -0.383 e. The monoisotopic (exact) mass is 340 g/mol. The summed E-state index contributed by atoms with van der Waals surface area (Å²) >= 11 is 1.81. The lowest BCUT2D eigenvalue weighted by atomic mass is 10.2. The van der Waals surface area contributed by atoms with E-state index in [2.05, 4.69) is 46.9 Å². The van der Waals surface area contributed by atoms with E-state index in [-0.39, 0.29) is 18.5 Å². The van der Waals surface area contributed by atoms with Crippen LogP contribution in [0.3, 0.4) is 0 Å². The number of aliphatic imine (C=N–C) groups is 1. The third kappa shape index (κ3) is 8.56. The van der Waals surface area contributed by atoms with Gasteiger partial charge in [0.2, 0.25) is 5.91 Å². The van der Waals surface area contributed by atoms with Crippen LogP contribution in [0.15, 0.2) is 17.1 Å². The highest BCUT2D eigenvalue weighted by atomic mass is 32.1. The molecule has 0 aliphatic rings. The molecule has 0 fully saturated rings. The Kier molecular flexibility index (Phi) is 9.31. The van der Waals surface area contributed by atoms with Gasteiger partial charge in [-0.3, -0.25) is 4.79 Å². The van der Waals surface area contributed by atoms with Gasteiger partial charge in [0, 0.05) is 42.4 Å². The Morgan fingerprint density at radius 3 is 2.78 bits per heavy atom. The van der Waals surface area contributed by atoms with Crippen molar-refractivity contribution in [3.05, 3.63) is 21.9 Å². The van der Waals surface area contributed by atoms with E-state index in [0.717, 1.165) is 13.0 Å². The van der Waals surface area contributed by atoms with Gasteiger partial charge in [0.1, 0.15) is 6.54 Å². The van der Waals surface area contributed by atoms with Gasteiger partial charge in [-0.05, 0) is 32.9 Å². The molecule has 1 aromatic rings. The Hall–Kier alpha value is -1.60. The third-order valence-electron chi connectivity index (χ3n) is 3.04. The second-order valence-corrected chi connectivity index (χ2v) is 6.67. The van der Waals surface area contributed by atoms with Crippen LogP contribution in [0.4, 0.5) is 0 Å². The predicted molar refractivity (Wildman–Crippen MR) is 96.2 cm³/mol. The van der Waals surface area contributed by atoms with Crippen LogP contribution >= 0.6 is 11.3 Å². The van der Waals surface area contributed by atoms with E-state index in [1.165, 1.54) is 9.75 Å². The Morgan fingerprint density at radius 2 is 2.17 bits per heavy atom. The maximum Gasteiger partial charge on any atom is 0.241 e. The van der Waals surface area contributed by atoms with E-state index >= 15 is 0 Å². The van der Waals surface area contributed by atoms with Crippen molar-refractivity contribution in [2.24, 2.45) is 4.99 Å². The third-order valence-corrected chi connectivity index (χ3v) is 4.06. The number of amides is 1. The topological polar surface area (TPSA) is 74.8 Å². The first-order valence-electron chi connectivity index (χ1n) is 7.91. The van der Waals surface area contributed by atoms with Gasteiger partial charge >= 0.3 is 0 Å². The van der Waals surface area contributed by atoms with E-state index in [9.17, 15) is 4.79 Å². The van der Waals surface area contributed by atoms with Crippen molar-refractivity contribution < 1.29 is 9.53 Å². The largest absolute Gasteiger partial charge is 0.383 e. The molecule has 1 rings (SSSR count). The molecule has 1 amide bonds. The van der Waals surface area contributed by atoms with E-state index in [1.54, 1.807) is 7.11 Å². The molecular formula is C16H28N4O2S. The zero-order valence-electron chi connectivity index (χ0n) is 14.4. The summed E-state index contributed by atoms with van der Waals surface area (Å²) < 4.78 is 4.89. The first-order valence-corrected chi connectivity index (χ1v) is 8.72. The minimum absolute atomic E-state index is 0.101. The summed E-state index contributed by atoms with van der Waals surface area (Å²) in [5.74, 6) is 0.552. The lowest BCUT2D eigenvalue weighted by Crippen LogP contribution is -2.43. The number of ether oxygens (including phenoxy) is 1. The highest BCUT2D eigenvalue weighted by molar-refractivity contribution is 7.11. The molecule has 3 N–H and O–H groups in total. The highest BCUT2D eigenvalue weighted by Gasteiger charge is 2.08. The molecule has 1 heterocycles. The molecule has 0 aliphatic carbocycles. The number of carbonyl (C=O) groups excluding carboxylic acids is 1. The van der Waals surface area contributed by atoms with Crippen LogP contribution in [0.2, 0.25) is 0 Å². The summed E-state index contributed by atoms with van der Waals surface area (Å²) in [6.07, 6.45) is 0.933. The van der Waals surface area contributed by atoms with Crippen LogP contribution in [0.1, 0.15) is 23.6 Å². The Labute approximate surface area is 142 Å². The van der Waals surface area contributed by atoms with Crippen LogP contribution in [0.5, 0.6) is 0 Å². The fourth-order valence-corrected chi connectivity index (χ4v) is 3.02. The summed E-state index contributed by atoms with van der Waals surface area (Å²) in [6, 6.07) is 4.53. The SMILES string of the molecule is CCNC(=NCC(=O)NCCOC)NC(C)Cc1ccc(C)s1. The smallest absolute Gasteiger partial charge is 0.241 e. The van der Waals surface area contributed by atoms with E-state index in [1.807, 2.05) is 18.3 Å². The van der Waals surface area contributed by atoms with Gasteiger partial charge < -0.3 is 20.7 Å². The second kappa shape index (κ2) is 11.0. The number of guanidine groups is 1. The molecule has 6 nitrogen and oxygen atoms in total. The molecule has 7 heteroatoms. The van der Waals surface area contributed by atoms with Gasteiger partial charge in [-0.1, -0.05) is 0 Å². The maximum absolute atomic E-state index is 11.7. The number of thiophene rings is 1. The van der Waals surface area contributed by atoms with Crippen LogP contribution < -0.4 is 16.0 Å². The maximum atomic E-state index is 11.7.